The van der Waals surface area contributed by atoms with Crippen LogP contribution in [0, 0.1) is 5.92 Å². The molecule has 0 aliphatic carbocycles. The highest BCUT2D eigenvalue weighted by Crippen LogP contribution is 2.20. The molecule has 0 radical (unpaired) electrons. The van der Waals surface area contributed by atoms with Gasteiger partial charge in [0, 0.05) is 38.3 Å². The first-order valence-electron chi connectivity index (χ1n) is 7.41. The molecule has 4 heteroatoms. The van der Waals surface area contributed by atoms with E-state index in [1.54, 1.807) is 0 Å². The third-order valence-electron chi connectivity index (χ3n) is 4.06. The van der Waals surface area contributed by atoms with Gasteiger partial charge in [0.15, 0.2) is 0 Å². The van der Waals surface area contributed by atoms with Crippen LogP contribution < -0.4 is 5.32 Å². The molecule has 0 aromatic rings. The summed E-state index contributed by atoms with van der Waals surface area (Å²) < 4.78 is 5.32. The molecule has 1 amide bonds. The molecule has 0 saturated carbocycles. The van der Waals surface area contributed by atoms with Crippen molar-refractivity contribution in [3.63, 3.8) is 0 Å². The first-order valence-corrected chi connectivity index (χ1v) is 7.41. The number of hydrogen-bond donors (Lipinski definition) is 1. The van der Waals surface area contributed by atoms with Gasteiger partial charge in [0.1, 0.15) is 0 Å². The van der Waals surface area contributed by atoms with Crippen molar-refractivity contribution in [1.82, 2.24) is 10.2 Å². The first kappa shape index (κ1) is 13.8. The minimum atomic E-state index is 0.221. The van der Waals surface area contributed by atoms with Crippen LogP contribution in [0.15, 0.2) is 0 Å². The van der Waals surface area contributed by atoms with E-state index in [0.717, 1.165) is 58.5 Å². The van der Waals surface area contributed by atoms with E-state index in [0.29, 0.717) is 11.9 Å². The molecular formula is C14H26N2O2. The van der Waals surface area contributed by atoms with E-state index in [2.05, 4.69) is 17.1 Å². The number of nitrogens with zero attached hydrogens (tertiary/aromatic N) is 1. The molecule has 0 aromatic heterocycles. The highest BCUT2D eigenvalue weighted by atomic mass is 16.5. The lowest BCUT2D eigenvalue weighted by molar-refractivity contribution is -0.139. The summed E-state index contributed by atoms with van der Waals surface area (Å²) in [6, 6.07) is 0.615. The van der Waals surface area contributed by atoms with E-state index in [-0.39, 0.29) is 5.92 Å². The van der Waals surface area contributed by atoms with Gasteiger partial charge in [-0.15, -0.1) is 0 Å². The van der Waals surface area contributed by atoms with Crippen LogP contribution in [0.25, 0.3) is 0 Å². The summed E-state index contributed by atoms with van der Waals surface area (Å²) in [7, 11) is 0. The molecule has 0 aromatic carbocycles. The van der Waals surface area contributed by atoms with Gasteiger partial charge in [0.05, 0.1) is 0 Å². The van der Waals surface area contributed by atoms with Crippen molar-refractivity contribution in [2.24, 2.45) is 5.92 Å². The Morgan fingerprint density at radius 2 is 1.89 bits per heavy atom. The standard InChI is InChI=1S/C14H26N2O2/c1-2-7-15-13-3-8-16(9-4-13)14(17)12-5-10-18-11-6-12/h12-13,15H,2-11H2,1H3. The summed E-state index contributed by atoms with van der Waals surface area (Å²) in [4.78, 5) is 14.4. The van der Waals surface area contributed by atoms with E-state index in [9.17, 15) is 4.79 Å². The van der Waals surface area contributed by atoms with Gasteiger partial charge >= 0.3 is 0 Å². The fourth-order valence-electron chi connectivity index (χ4n) is 2.86. The molecule has 0 atom stereocenters. The van der Waals surface area contributed by atoms with Crippen molar-refractivity contribution in [3.8, 4) is 0 Å². The highest BCUT2D eigenvalue weighted by molar-refractivity contribution is 5.79. The lowest BCUT2D eigenvalue weighted by Crippen LogP contribution is -2.47. The molecule has 1 N–H and O–H groups in total. The predicted octanol–water partition coefficient (Wildman–Crippen LogP) is 1.40. The number of likely N-dealkylation sites (tertiary alicyclic amines) is 1. The number of carbonyl (C=O) groups is 1. The van der Waals surface area contributed by atoms with Crippen molar-refractivity contribution in [3.05, 3.63) is 0 Å². The maximum absolute atomic E-state index is 12.3. The molecule has 2 heterocycles. The summed E-state index contributed by atoms with van der Waals surface area (Å²) in [6.45, 7) is 6.65. The second kappa shape index (κ2) is 7.10. The van der Waals surface area contributed by atoms with Gasteiger partial charge in [0.2, 0.25) is 5.91 Å². The molecular weight excluding hydrogens is 228 g/mol. The zero-order chi connectivity index (χ0) is 12.8. The Kier molecular flexibility index (Phi) is 5.45. The summed E-state index contributed by atoms with van der Waals surface area (Å²) in [5.74, 6) is 0.589. The number of piperidine rings is 1. The summed E-state index contributed by atoms with van der Waals surface area (Å²) in [5.41, 5.74) is 0. The van der Waals surface area contributed by atoms with E-state index < -0.39 is 0 Å². The van der Waals surface area contributed by atoms with Crippen molar-refractivity contribution >= 4 is 5.91 Å². The molecule has 2 aliphatic rings. The van der Waals surface area contributed by atoms with Crippen LogP contribution in [-0.4, -0.2) is 49.7 Å². The Labute approximate surface area is 110 Å². The predicted molar refractivity (Wildman–Crippen MR) is 71.4 cm³/mol. The molecule has 0 unspecified atom stereocenters. The monoisotopic (exact) mass is 254 g/mol. The molecule has 104 valence electrons. The van der Waals surface area contributed by atoms with Gasteiger partial charge in [-0.05, 0) is 38.6 Å². The largest absolute Gasteiger partial charge is 0.381 e. The number of carbonyl (C=O) groups excluding carboxylic acids is 1. The molecule has 18 heavy (non-hydrogen) atoms. The van der Waals surface area contributed by atoms with Crippen LogP contribution >= 0.6 is 0 Å². The molecule has 2 aliphatic heterocycles. The molecule has 2 fully saturated rings. The minimum absolute atomic E-state index is 0.221. The number of hydrogen-bond acceptors (Lipinski definition) is 3. The molecule has 2 rings (SSSR count). The zero-order valence-electron chi connectivity index (χ0n) is 11.5. The second-order valence-electron chi connectivity index (χ2n) is 5.44. The van der Waals surface area contributed by atoms with Gasteiger partial charge in [-0.25, -0.2) is 0 Å². The number of rotatable bonds is 4. The third-order valence-corrected chi connectivity index (χ3v) is 4.06. The van der Waals surface area contributed by atoms with Crippen molar-refractivity contribution < 1.29 is 9.53 Å². The maximum atomic E-state index is 12.3. The van der Waals surface area contributed by atoms with Crippen LogP contribution in [0.2, 0.25) is 0 Å². The lowest BCUT2D eigenvalue weighted by atomic mass is 9.96. The number of ether oxygens (including phenoxy) is 1. The Morgan fingerprint density at radius 3 is 2.50 bits per heavy atom. The fraction of sp³-hybridized carbons (Fsp3) is 0.929. The highest BCUT2D eigenvalue weighted by Gasteiger charge is 2.29. The van der Waals surface area contributed by atoms with E-state index in [1.807, 2.05) is 0 Å². The molecule has 0 spiro atoms. The third kappa shape index (κ3) is 3.69. The smallest absolute Gasteiger partial charge is 0.225 e. The second-order valence-corrected chi connectivity index (χ2v) is 5.44. The minimum Gasteiger partial charge on any atom is -0.381 e. The SMILES string of the molecule is CCCNC1CCN(C(=O)C2CCOCC2)CC1. The summed E-state index contributed by atoms with van der Waals surface area (Å²) >= 11 is 0. The Morgan fingerprint density at radius 1 is 1.22 bits per heavy atom. The average Bonchev–Trinajstić information content (AvgIpc) is 2.46. The number of amides is 1. The zero-order valence-corrected chi connectivity index (χ0v) is 11.5. The van der Waals surface area contributed by atoms with Gasteiger partial charge in [-0.2, -0.15) is 0 Å². The Bertz CT molecular complexity index is 257. The van der Waals surface area contributed by atoms with Crippen LogP contribution in [-0.2, 0) is 9.53 Å². The summed E-state index contributed by atoms with van der Waals surface area (Å²) in [6.07, 6.45) is 5.21. The molecule has 4 nitrogen and oxygen atoms in total. The van der Waals surface area contributed by atoms with Crippen LogP contribution in [0.4, 0.5) is 0 Å². The van der Waals surface area contributed by atoms with Crippen LogP contribution in [0.1, 0.15) is 39.0 Å². The van der Waals surface area contributed by atoms with Crippen molar-refractivity contribution in [1.29, 1.82) is 0 Å². The van der Waals surface area contributed by atoms with Crippen LogP contribution in [0.3, 0.4) is 0 Å². The van der Waals surface area contributed by atoms with Gasteiger partial charge in [-0.1, -0.05) is 6.92 Å². The average molecular weight is 254 g/mol. The maximum Gasteiger partial charge on any atom is 0.225 e. The van der Waals surface area contributed by atoms with Crippen molar-refractivity contribution in [2.45, 2.75) is 45.1 Å². The first-order chi connectivity index (χ1) is 8.81. The van der Waals surface area contributed by atoms with Gasteiger partial charge < -0.3 is 15.0 Å². The van der Waals surface area contributed by atoms with Crippen LogP contribution in [0.5, 0.6) is 0 Å². The number of nitrogens with one attached hydrogen (secondary N) is 1. The lowest BCUT2D eigenvalue weighted by Gasteiger charge is -2.35. The van der Waals surface area contributed by atoms with Gasteiger partial charge in [-0.3, -0.25) is 4.79 Å². The van der Waals surface area contributed by atoms with Gasteiger partial charge in [0.25, 0.3) is 0 Å². The fourth-order valence-corrected chi connectivity index (χ4v) is 2.86. The summed E-state index contributed by atoms with van der Waals surface area (Å²) in [5, 5.41) is 3.55. The van der Waals surface area contributed by atoms with E-state index >= 15 is 0 Å². The van der Waals surface area contributed by atoms with E-state index in [4.69, 9.17) is 4.74 Å². The molecule has 2 saturated heterocycles. The normalized spacial score (nSPS) is 23.3. The Balaban J connectivity index is 1.73. The quantitative estimate of drug-likeness (QED) is 0.824. The van der Waals surface area contributed by atoms with Crippen molar-refractivity contribution in [2.75, 3.05) is 32.8 Å². The Hall–Kier alpha value is -0.610. The molecule has 0 bridgehead atoms. The topological polar surface area (TPSA) is 41.6 Å². The van der Waals surface area contributed by atoms with E-state index in [1.165, 1.54) is 6.42 Å².